The van der Waals surface area contributed by atoms with Crippen molar-refractivity contribution in [2.24, 2.45) is 0 Å². The van der Waals surface area contributed by atoms with Crippen molar-refractivity contribution < 1.29 is 9.47 Å². The molecule has 0 amide bonds. The van der Waals surface area contributed by atoms with Gasteiger partial charge in [-0.15, -0.1) is 11.3 Å². The number of thiazole rings is 1. The van der Waals surface area contributed by atoms with E-state index < -0.39 is 0 Å². The second-order valence-electron chi connectivity index (χ2n) is 5.64. The van der Waals surface area contributed by atoms with Crippen LogP contribution in [0.4, 0.5) is 0 Å². The number of ether oxygens (including phenoxy) is 2. The largest absolute Gasteiger partial charge is 0.490 e. The van der Waals surface area contributed by atoms with Crippen LogP contribution in [0.15, 0.2) is 42.5 Å². The van der Waals surface area contributed by atoms with Crippen LogP contribution in [0, 0.1) is 11.3 Å². The lowest BCUT2D eigenvalue weighted by Crippen LogP contribution is -2.00. The Morgan fingerprint density at radius 2 is 2.00 bits per heavy atom. The van der Waals surface area contributed by atoms with E-state index in [9.17, 15) is 5.26 Å². The fraction of sp³-hybridized carbons (Fsp3) is 0.238. The average molecular weight is 364 g/mol. The van der Waals surface area contributed by atoms with E-state index in [1.807, 2.05) is 55.5 Å². The standard InChI is InChI=1S/C21H20N2O2S/c1-3-11-25-18-10-9-15(13-19(18)24-4-2)12-16(14-22)21-23-17-7-5-6-8-20(17)26-21/h5-10,12-13H,3-4,11H2,1-2H3/b16-12-. The maximum Gasteiger partial charge on any atom is 0.161 e. The lowest BCUT2D eigenvalue weighted by Gasteiger charge is -2.12. The summed E-state index contributed by atoms with van der Waals surface area (Å²) in [4.78, 5) is 4.57. The van der Waals surface area contributed by atoms with E-state index in [1.54, 1.807) is 0 Å². The van der Waals surface area contributed by atoms with Gasteiger partial charge in [-0.1, -0.05) is 25.1 Å². The molecule has 3 aromatic rings. The molecule has 0 fully saturated rings. The molecule has 3 rings (SSSR count). The maximum absolute atomic E-state index is 9.60. The molecule has 1 heterocycles. The number of allylic oxidation sites excluding steroid dienone is 1. The number of benzene rings is 2. The van der Waals surface area contributed by atoms with Gasteiger partial charge in [0.05, 0.1) is 29.0 Å². The fourth-order valence-electron chi connectivity index (χ4n) is 2.51. The number of para-hydroxylation sites is 1. The van der Waals surface area contributed by atoms with Gasteiger partial charge in [0.25, 0.3) is 0 Å². The van der Waals surface area contributed by atoms with Crippen molar-refractivity contribution in [1.82, 2.24) is 4.98 Å². The molecule has 0 aliphatic rings. The van der Waals surface area contributed by atoms with Crippen LogP contribution in [0.1, 0.15) is 30.8 Å². The zero-order valence-electron chi connectivity index (χ0n) is 14.9. The minimum atomic E-state index is 0.538. The number of fused-ring (bicyclic) bond motifs is 1. The van der Waals surface area contributed by atoms with Crippen LogP contribution in [-0.4, -0.2) is 18.2 Å². The van der Waals surface area contributed by atoms with Crippen molar-refractivity contribution >= 4 is 33.2 Å². The van der Waals surface area contributed by atoms with Crippen LogP contribution in [0.25, 0.3) is 21.9 Å². The first-order valence-electron chi connectivity index (χ1n) is 8.62. The van der Waals surface area contributed by atoms with Crippen molar-refractivity contribution in [2.75, 3.05) is 13.2 Å². The number of nitriles is 1. The highest BCUT2D eigenvalue weighted by molar-refractivity contribution is 7.19. The molecule has 1 aromatic heterocycles. The summed E-state index contributed by atoms with van der Waals surface area (Å²) in [5.74, 6) is 1.42. The van der Waals surface area contributed by atoms with Crippen LogP contribution < -0.4 is 9.47 Å². The Bertz CT molecular complexity index is 937. The smallest absolute Gasteiger partial charge is 0.161 e. The van der Waals surface area contributed by atoms with Gasteiger partial charge in [-0.05, 0) is 49.2 Å². The molecular formula is C21H20N2O2S. The summed E-state index contributed by atoms with van der Waals surface area (Å²) in [7, 11) is 0. The molecule has 0 saturated carbocycles. The minimum Gasteiger partial charge on any atom is -0.490 e. The quantitative estimate of drug-likeness (QED) is 0.516. The van der Waals surface area contributed by atoms with E-state index >= 15 is 0 Å². The highest BCUT2D eigenvalue weighted by Crippen LogP contribution is 2.32. The first kappa shape index (κ1) is 18.0. The number of aromatic nitrogens is 1. The fourth-order valence-corrected chi connectivity index (χ4v) is 3.44. The van der Waals surface area contributed by atoms with Gasteiger partial charge in [0.15, 0.2) is 11.5 Å². The first-order valence-corrected chi connectivity index (χ1v) is 9.44. The summed E-state index contributed by atoms with van der Waals surface area (Å²) in [5.41, 5.74) is 2.33. The molecule has 132 valence electrons. The van der Waals surface area contributed by atoms with E-state index in [0.717, 1.165) is 33.0 Å². The highest BCUT2D eigenvalue weighted by atomic mass is 32.1. The number of rotatable bonds is 7. The summed E-state index contributed by atoms with van der Waals surface area (Å²) in [6.45, 7) is 5.20. The monoisotopic (exact) mass is 364 g/mol. The van der Waals surface area contributed by atoms with E-state index in [-0.39, 0.29) is 0 Å². The summed E-state index contributed by atoms with van der Waals surface area (Å²) >= 11 is 1.52. The first-order chi connectivity index (χ1) is 12.7. The van der Waals surface area contributed by atoms with Crippen LogP contribution in [0.3, 0.4) is 0 Å². The molecule has 2 aromatic carbocycles. The molecule has 0 unspecified atom stereocenters. The third kappa shape index (κ3) is 4.04. The van der Waals surface area contributed by atoms with Gasteiger partial charge in [-0.3, -0.25) is 0 Å². The predicted molar refractivity (Wildman–Crippen MR) is 107 cm³/mol. The summed E-state index contributed by atoms with van der Waals surface area (Å²) in [6.07, 6.45) is 2.77. The Hall–Kier alpha value is -2.84. The molecule has 0 aliphatic carbocycles. The molecule has 0 saturated heterocycles. The molecule has 26 heavy (non-hydrogen) atoms. The summed E-state index contributed by atoms with van der Waals surface area (Å²) in [6, 6.07) is 15.9. The van der Waals surface area contributed by atoms with Crippen LogP contribution in [0.2, 0.25) is 0 Å². The predicted octanol–water partition coefficient (Wildman–Crippen LogP) is 5.55. The second kappa shape index (κ2) is 8.50. The highest BCUT2D eigenvalue weighted by Gasteiger charge is 2.10. The lowest BCUT2D eigenvalue weighted by atomic mass is 10.1. The van der Waals surface area contributed by atoms with Crippen molar-refractivity contribution in [3.63, 3.8) is 0 Å². The summed E-state index contributed by atoms with van der Waals surface area (Å²) in [5, 5.41) is 10.3. The van der Waals surface area contributed by atoms with Crippen molar-refractivity contribution in [2.45, 2.75) is 20.3 Å². The Morgan fingerprint density at radius 3 is 2.73 bits per heavy atom. The molecule has 5 heteroatoms. The van der Waals surface area contributed by atoms with Crippen LogP contribution >= 0.6 is 11.3 Å². The van der Waals surface area contributed by atoms with Gasteiger partial charge >= 0.3 is 0 Å². The second-order valence-corrected chi connectivity index (χ2v) is 6.67. The van der Waals surface area contributed by atoms with Crippen LogP contribution in [-0.2, 0) is 0 Å². The minimum absolute atomic E-state index is 0.538. The summed E-state index contributed by atoms with van der Waals surface area (Å²) < 4.78 is 12.5. The van der Waals surface area contributed by atoms with E-state index in [0.29, 0.717) is 24.5 Å². The number of hydrogen-bond donors (Lipinski definition) is 0. The van der Waals surface area contributed by atoms with Gasteiger partial charge in [0.2, 0.25) is 0 Å². The average Bonchev–Trinajstić information content (AvgIpc) is 3.09. The van der Waals surface area contributed by atoms with Gasteiger partial charge in [-0.25, -0.2) is 4.98 Å². The molecule has 0 bridgehead atoms. The third-order valence-electron chi connectivity index (χ3n) is 3.69. The van der Waals surface area contributed by atoms with E-state index in [4.69, 9.17) is 9.47 Å². The SMILES string of the molecule is CCCOc1ccc(/C=C(/C#N)c2nc3ccccc3s2)cc1OCC. The van der Waals surface area contributed by atoms with Crippen molar-refractivity contribution in [3.8, 4) is 17.6 Å². The molecule has 4 nitrogen and oxygen atoms in total. The van der Waals surface area contributed by atoms with Crippen molar-refractivity contribution in [3.05, 3.63) is 53.0 Å². The third-order valence-corrected chi connectivity index (χ3v) is 4.75. The molecule has 0 atom stereocenters. The molecule has 0 aliphatic heterocycles. The Balaban J connectivity index is 1.95. The zero-order valence-corrected chi connectivity index (χ0v) is 15.7. The Kier molecular flexibility index (Phi) is 5.88. The van der Waals surface area contributed by atoms with E-state index in [2.05, 4.69) is 18.0 Å². The topological polar surface area (TPSA) is 55.1 Å². The van der Waals surface area contributed by atoms with Crippen molar-refractivity contribution in [1.29, 1.82) is 5.26 Å². The lowest BCUT2D eigenvalue weighted by molar-refractivity contribution is 0.277. The maximum atomic E-state index is 9.60. The van der Waals surface area contributed by atoms with Gasteiger partial charge in [-0.2, -0.15) is 5.26 Å². The zero-order chi connectivity index (χ0) is 18.4. The van der Waals surface area contributed by atoms with Gasteiger partial charge in [0.1, 0.15) is 11.1 Å². The van der Waals surface area contributed by atoms with Gasteiger partial charge in [0, 0.05) is 0 Å². The molecular weight excluding hydrogens is 344 g/mol. The van der Waals surface area contributed by atoms with Crippen LogP contribution in [0.5, 0.6) is 11.5 Å². The molecule has 0 radical (unpaired) electrons. The normalized spacial score (nSPS) is 11.3. The number of nitrogens with zero attached hydrogens (tertiary/aromatic N) is 2. The Morgan fingerprint density at radius 1 is 1.15 bits per heavy atom. The van der Waals surface area contributed by atoms with E-state index in [1.165, 1.54) is 11.3 Å². The molecule has 0 spiro atoms. The number of hydrogen-bond acceptors (Lipinski definition) is 5. The Labute approximate surface area is 157 Å². The van der Waals surface area contributed by atoms with Gasteiger partial charge < -0.3 is 9.47 Å². The molecule has 0 N–H and O–H groups in total.